The van der Waals surface area contributed by atoms with Crippen LogP contribution in [-0.4, -0.2) is 31.1 Å². The molecule has 21 heavy (non-hydrogen) atoms. The second kappa shape index (κ2) is 7.42. The lowest BCUT2D eigenvalue weighted by molar-refractivity contribution is 0.196. The largest absolute Gasteiger partial charge is 0.330 e. The molecular formula is C19H32N2. The van der Waals surface area contributed by atoms with E-state index in [0.717, 1.165) is 19.5 Å². The van der Waals surface area contributed by atoms with E-state index in [1.54, 1.807) is 0 Å². The Balaban J connectivity index is 1.91. The van der Waals surface area contributed by atoms with Crippen LogP contribution in [0.3, 0.4) is 0 Å². The predicted molar refractivity (Wildman–Crippen MR) is 91.7 cm³/mol. The molecule has 0 saturated carbocycles. The van der Waals surface area contributed by atoms with Gasteiger partial charge in [0.25, 0.3) is 0 Å². The molecule has 2 nitrogen and oxygen atoms in total. The molecule has 1 aromatic rings. The maximum absolute atomic E-state index is 6.01. The molecule has 0 radical (unpaired) electrons. The van der Waals surface area contributed by atoms with Gasteiger partial charge in [-0.05, 0) is 61.4 Å². The molecule has 2 N–H and O–H groups in total. The highest BCUT2D eigenvalue weighted by atomic mass is 15.1. The van der Waals surface area contributed by atoms with Gasteiger partial charge >= 0.3 is 0 Å². The minimum atomic E-state index is 0.236. The van der Waals surface area contributed by atoms with Crippen molar-refractivity contribution in [1.82, 2.24) is 4.90 Å². The molecule has 1 saturated heterocycles. The van der Waals surface area contributed by atoms with Gasteiger partial charge in [0.2, 0.25) is 0 Å². The van der Waals surface area contributed by atoms with E-state index >= 15 is 0 Å². The summed E-state index contributed by atoms with van der Waals surface area (Å²) in [5.41, 5.74) is 9.08. The molecule has 0 amide bonds. The normalized spacial score (nSPS) is 18.7. The average molecular weight is 288 g/mol. The Morgan fingerprint density at radius 1 is 1.05 bits per heavy atom. The second-order valence-corrected chi connectivity index (χ2v) is 7.61. The van der Waals surface area contributed by atoms with Crippen molar-refractivity contribution in [3.8, 4) is 0 Å². The Morgan fingerprint density at radius 3 is 2.19 bits per heavy atom. The fourth-order valence-electron chi connectivity index (χ4n) is 3.20. The van der Waals surface area contributed by atoms with Crippen molar-refractivity contribution in [2.45, 2.75) is 51.9 Å². The van der Waals surface area contributed by atoms with Crippen LogP contribution < -0.4 is 5.73 Å². The smallest absolute Gasteiger partial charge is 0.00249 e. The number of likely N-dealkylation sites (tertiary alicyclic amines) is 1. The van der Waals surface area contributed by atoms with Crippen molar-refractivity contribution in [1.29, 1.82) is 0 Å². The van der Waals surface area contributed by atoms with Crippen LogP contribution in [-0.2, 0) is 11.8 Å². The van der Waals surface area contributed by atoms with Crippen LogP contribution in [0.15, 0.2) is 24.3 Å². The summed E-state index contributed by atoms with van der Waals surface area (Å²) in [4.78, 5) is 2.60. The van der Waals surface area contributed by atoms with E-state index in [9.17, 15) is 0 Å². The number of hydrogen-bond donors (Lipinski definition) is 1. The van der Waals surface area contributed by atoms with Crippen molar-refractivity contribution >= 4 is 0 Å². The van der Waals surface area contributed by atoms with Crippen LogP contribution in [0.5, 0.6) is 0 Å². The Bertz CT molecular complexity index is 410. The molecule has 1 aromatic carbocycles. The van der Waals surface area contributed by atoms with Gasteiger partial charge in [-0.15, -0.1) is 0 Å². The van der Waals surface area contributed by atoms with Crippen LogP contribution in [0.2, 0.25) is 0 Å². The molecule has 0 spiro atoms. The summed E-state index contributed by atoms with van der Waals surface area (Å²) in [5.74, 6) is 0.587. The van der Waals surface area contributed by atoms with Crippen molar-refractivity contribution in [2.24, 2.45) is 11.7 Å². The molecule has 1 aliphatic heterocycles. The first-order valence-corrected chi connectivity index (χ1v) is 8.51. The van der Waals surface area contributed by atoms with Crippen LogP contribution in [0, 0.1) is 5.92 Å². The highest BCUT2D eigenvalue weighted by Crippen LogP contribution is 2.23. The first kappa shape index (κ1) is 16.5. The summed E-state index contributed by atoms with van der Waals surface area (Å²) in [6, 6.07) is 9.15. The first-order chi connectivity index (χ1) is 9.99. The Kier molecular flexibility index (Phi) is 5.83. The Hall–Kier alpha value is -0.860. The third-order valence-electron chi connectivity index (χ3n) is 4.64. The third kappa shape index (κ3) is 5.12. The SMILES string of the molecule is CC(C)(C)c1ccc(CC(CN)CN2CCCCC2)cc1. The summed E-state index contributed by atoms with van der Waals surface area (Å²) in [6.45, 7) is 11.3. The molecule has 1 unspecified atom stereocenters. The highest BCUT2D eigenvalue weighted by Gasteiger charge is 2.17. The molecule has 1 fully saturated rings. The van der Waals surface area contributed by atoms with E-state index in [1.807, 2.05) is 0 Å². The molecule has 1 heterocycles. The summed E-state index contributed by atoms with van der Waals surface area (Å²) in [6.07, 6.45) is 5.23. The van der Waals surface area contributed by atoms with E-state index in [4.69, 9.17) is 5.73 Å². The van der Waals surface area contributed by atoms with E-state index in [1.165, 1.54) is 43.5 Å². The molecule has 2 rings (SSSR count). The van der Waals surface area contributed by atoms with E-state index in [-0.39, 0.29) is 5.41 Å². The molecule has 0 aromatic heterocycles. The minimum absolute atomic E-state index is 0.236. The van der Waals surface area contributed by atoms with Gasteiger partial charge in [0.15, 0.2) is 0 Å². The number of piperidine rings is 1. The van der Waals surface area contributed by atoms with Crippen molar-refractivity contribution < 1.29 is 0 Å². The molecule has 1 aliphatic rings. The topological polar surface area (TPSA) is 29.3 Å². The zero-order valence-electron chi connectivity index (χ0n) is 14.1. The third-order valence-corrected chi connectivity index (χ3v) is 4.64. The van der Waals surface area contributed by atoms with Crippen LogP contribution in [0.1, 0.15) is 51.2 Å². The lowest BCUT2D eigenvalue weighted by atomic mass is 9.86. The molecule has 2 heteroatoms. The fraction of sp³-hybridized carbons (Fsp3) is 0.684. The number of rotatable bonds is 5. The second-order valence-electron chi connectivity index (χ2n) is 7.61. The van der Waals surface area contributed by atoms with Crippen molar-refractivity contribution in [2.75, 3.05) is 26.2 Å². The van der Waals surface area contributed by atoms with Crippen molar-refractivity contribution in [3.63, 3.8) is 0 Å². The number of nitrogens with two attached hydrogens (primary N) is 1. The Morgan fingerprint density at radius 2 is 1.67 bits per heavy atom. The molecule has 0 bridgehead atoms. The maximum atomic E-state index is 6.01. The van der Waals surface area contributed by atoms with E-state index in [2.05, 4.69) is 49.9 Å². The lowest BCUT2D eigenvalue weighted by Crippen LogP contribution is -2.37. The first-order valence-electron chi connectivity index (χ1n) is 8.51. The summed E-state index contributed by atoms with van der Waals surface area (Å²) < 4.78 is 0. The standard InChI is InChI=1S/C19H32N2/c1-19(2,3)18-9-7-16(8-10-18)13-17(14-20)15-21-11-5-4-6-12-21/h7-10,17H,4-6,11-15,20H2,1-3H3. The fourth-order valence-corrected chi connectivity index (χ4v) is 3.20. The summed E-state index contributed by atoms with van der Waals surface area (Å²) in [5, 5.41) is 0. The van der Waals surface area contributed by atoms with Gasteiger partial charge < -0.3 is 10.6 Å². The number of benzene rings is 1. The quantitative estimate of drug-likeness (QED) is 0.897. The summed E-state index contributed by atoms with van der Waals surface area (Å²) >= 11 is 0. The number of nitrogens with zero attached hydrogens (tertiary/aromatic N) is 1. The van der Waals surface area contributed by atoms with Crippen LogP contribution in [0.25, 0.3) is 0 Å². The van der Waals surface area contributed by atoms with Crippen LogP contribution in [0.4, 0.5) is 0 Å². The van der Waals surface area contributed by atoms with Crippen LogP contribution >= 0.6 is 0 Å². The average Bonchev–Trinajstić information content (AvgIpc) is 2.47. The van der Waals surface area contributed by atoms with Gasteiger partial charge in [0, 0.05) is 6.54 Å². The Labute approximate surface area is 130 Å². The highest BCUT2D eigenvalue weighted by molar-refractivity contribution is 5.27. The van der Waals surface area contributed by atoms with E-state index in [0.29, 0.717) is 5.92 Å². The monoisotopic (exact) mass is 288 g/mol. The van der Waals surface area contributed by atoms with Gasteiger partial charge in [-0.25, -0.2) is 0 Å². The molecule has 118 valence electrons. The minimum Gasteiger partial charge on any atom is -0.330 e. The maximum Gasteiger partial charge on any atom is 0.00249 e. The summed E-state index contributed by atoms with van der Waals surface area (Å²) in [7, 11) is 0. The van der Waals surface area contributed by atoms with Crippen molar-refractivity contribution in [3.05, 3.63) is 35.4 Å². The number of hydrogen-bond acceptors (Lipinski definition) is 2. The zero-order chi connectivity index (χ0) is 15.3. The van der Waals surface area contributed by atoms with E-state index < -0.39 is 0 Å². The van der Waals surface area contributed by atoms with Gasteiger partial charge in [-0.1, -0.05) is 51.5 Å². The van der Waals surface area contributed by atoms with Gasteiger partial charge in [-0.3, -0.25) is 0 Å². The molecule has 1 atom stereocenters. The van der Waals surface area contributed by atoms with Gasteiger partial charge in [-0.2, -0.15) is 0 Å². The predicted octanol–water partition coefficient (Wildman–Crippen LogP) is 3.59. The molecular weight excluding hydrogens is 256 g/mol. The molecule has 0 aliphatic carbocycles. The zero-order valence-corrected chi connectivity index (χ0v) is 14.1. The van der Waals surface area contributed by atoms with Gasteiger partial charge in [0.05, 0.1) is 0 Å². The lowest BCUT2D eigenvalue weighted by Gasteiger charge is -2.30. The van der Waals surface area contributed by atoms with Gasteiger partial charge in [0.1, 0.15) is 0 Å².